The van der Waals surface area contributed by atoms with Crippen LogP contribution in [-0.4, -0.2) is 41.7 Å². The number of hydrogen-bond donors (Lipinski definition) is 6. The average molecular weight is 618 g/mol. The summed E-state index contributed by atoms with van der Waals surface area (Å²) >= 11 is 0. The summed E-state index contributed by atoms with van der Waals surface area (Å²) in [6.45, 7) is 12.3. The number of nitrogens with two attached hydrogens (primary N) is 1. The minimum atomic E-state index is -5.08. The van der Waals surface area contributed by atoms with Crippen LogP contribution in [-0.2, 0) is 9.59 Å². The van der Waals surface area contributed by atoms with E-state index in [4.69, 9.17) is 30.5 Å². The molecule has 0 fully saturated rings. The SMILES string of the molecule is CCOc1cc(C(Nc2ccc(C(=N)N)cc2)C(=O)NNc2c(C)cc(C)cc2C)ccc1OC(C)C.O=C(O)C(F)(F)F. The van der Waals surface area contributed by atoms with Gasteiger partial charge < -0.3 is 25.6 Å². The molecule has 0 aliphatic carbocycles. The zero-order chi connectivity index (χ0) is 33.2. The number of amidine groups is 1. The van der Waals surface area contributed by atoms with Gasteiger partial charge in [0, 0.05) is 11.3 Å². The standard InChI is InChI=1S/C29H37N5O3.C2HF3O2/c1-7-36-25-16-22(10-13-24(25)37-17(2)3)27(32-23-11-8-21(9-12-23)28(30)31)29(35)34-33-26-19(5)14-18(4)15-20(26)6;3-2(4,5)1(6)7/h8-17,27,32-33H,7H2,1-6H3,(H3,30,31)(H,34,35);(H,6,7). The third-order valence-corrected chi connectivity index (χ3v) is 5.96. The number of carbonyl (C=O) groups is 2. The number of aryl methyl sites for hydroxylation is 3. The largest absolute Gasteiger partial charge is 0.490 e. The highest BCUT2D eigenvalue weighted by Gasteiger charge is 2.38. The molecule has 0 radical (unpaired) electrons. The molecule has 0 aromatic heterocycles. The molecule has 238 valence electrons. The van der Waals surface area contributed by atoms with E-state index in [1.54, 1.807) is 24.3 Å². The number of nitrogen functional groups attached to an aromatic ring is 1. The van der Waals surface area contributed by atoms with Gasteiger partial charge in [-0.3, -0.25) is 21.1 Å². The predicted molar refractivity (Wildman–Crippen MR) is 163 cm³/mol. The number of alkyl halides is 3. The summed E-state index contributed by atoms with van der Waals surface area (Å²) in [5.74, 6) is -1.87. The molecule has 3 rings (SSSR count). The van der Waals surface area contributed by atoms with Crippen LogP contribution in [0.5, 0.6) is 11.5 Å². The molecule has 44 heavy (non-hydrogen) atoms. The van der Waals surface area contributed by atoms with Crippen LogP contribution in [0.4, 0.5) is 24.5 Å². The third kappa shape index (κ3) is 10.4. The maximum Gasteiger partial charge on any atom is 0.490 e. The second-order valence-corrected chi connectivity index (χ2v) is 10.1. The van der Waals surface area contributed by atoms with Crippen LogP contribution in [0.3, 0.4) is 0 Å². The van der Waals surface area contributed by atoms with Gasteiger partial charge >= 0.3 is 12.1 Å². The lowest BCUT2D eigenvalue weighted by molar-refractivity contribution is -0.192. The number of carboxylic acid groups (broad SMARTS) is 1. The monoisotopic (exact) mass is 617 g/mol. The first-order valence-electron chi connectivity index (χ1n) is 13.6. The summed E-state index contributed by atoms with van der Waals surface area (Å²) in [7, 11) is 0. The number of aliphatic carboxylic acids is 1. The number of ether oxygens (including phenoxy) is 2. The van der Waals surface area contributed by atoms with Gasteiger partial charge in [0.05, 0.1) is 18.4 Å². The van der Waals surface area contributed by atoms with E-state index in [2.05, 4.69) is 28.3 Å². The first-order chi connectivity index (χ1) is 20.5. The molecule has 0 bridgehead atoms. The number of rotatable bonds is 11. The van der Waals surface area contributed by atoms with Crippen molar-refractivity contribution in [1.29, 1.82) is 5.41 Å². The van der Waals surface area contributed by atoms with Gasteiger partial charge in [-0.1, -0.05) is 23.8 Å². The maximum absolute atomic E-state index is 13.6. The fourth-order valence-corrected chi connectivity index (χ4v) is 4.11. The highest BCUT2D eigenvalue weighted by atomic mass is 19.4. The Labute approximate surface area is 254 Å². The quantitative estimate of drug-likeness (QED) is 0.0867. The van der Waals surface area contributed by atoms with Crippen LogP contribution in [0.15, 0.2) is 54.6 Å². The van der Waals surface area contributed by atoms with Crippen molar-refractivity contribution in [3.8, 4) is 11.5 Å². The Morgan fingerprint density at radius 2 is 1.55 bits per heavy atom. The van der Waals surface area contributed by atoms with Crippen molar-refractivity contribution in [1.82, 2.24) is 5.43 Å². The van der Waals surface area contributed by atoms with Crippen molar-refractivity contribution in [3.63, 3.8) is 0 Å². The molecule has 3 aromatic rings. The molecule has 1 amide bonds. The van der Waals surface area contributed by atoms with Crippen LogP contribution >= 0.6 is 0 Å². The van der Waals surface area contributed by atoms with E-state index in [-0.39, 0.29) is 17.8 Å². The lowest BCUT2D eigenvalue weighted by Crippen LogP contribution is -2.37. The van der Waals surface area contributed by atoms with Gasteiger partial charge in [0.2, 0.25) is 0 Å². The molecule has 0 spiro atoms. The van der Waals surface area contributed by atoms with Crippen molar-refractivity contribution in [2.75, 3.05) is 17.3 Å². The molecule has 3 aromatic carbocycles. The molecule has 10 nitrogen and oxygen atoms in total. The van der Waals surface area contributed by atoms with Crippen molar-refractivity contribution < 1.29 is 37.3 Å². The second kappa shape index (κ2) is 15.5. The lowest BCUT2D eigenvalue weighted by Gasteiger charge is -2.23. The van der Waals surface area contributed by atoms with Gasteiger partial charge in [-0.05, 0) is 94.6 Å². The number of carboxylic acids is 1. The van der Waals surface area contributed by atoms with Gasteiger partial charge in [0.1, 0.15) is 11.9 Å². The molecular weight excluding hydrogens is 579 g/mol. The third-order valence-electron chi connectivity index (χ3n) is 5.96. The van der Waals surface area contributed by atoms with Crippen molar-refractivity contribution >= 4 is 29.1 Å². The number of carbonyl (C=O) groups excluding carboxylic acids is 1. The number of nitrogens with one attached hydrogen (secondary N) is 4. The highest BCUT2D eigenvalue weighted by Crippen LogP contribution is 2.33. The Bertz CT molecular complexity index is 1440. The maximum atomic E-state index is 13.6. The van der Waals surface area contributed by atoms with Crippen molar-refractivity contribution in [2.24, 2.45) is 5.73 Å². The molecule has 1 atom stereocenters. The zero-order valence-corrected chi connectivity index (χ0v) is 25.3. The lowest BCUT2D eigenvalue weighted by atomic mass is 10.0. The van der Waals surface area contributed by atoms with E-state index in [0.29, 0.717) is 34.9 Å². The van der Waals surface area contributed by atoms with Gasteiger partial charge in [0.25, 0.3) is 5.91 Å². The first kappa shape index (κ1) is 35.3. The van der Waals surface area contributed by atoms with Crippen molar-refractivity contribution in [2.45, 2.75) is 59.9 Å². The van der Waals surface area contributed by atoms with E-state index in [1.807, 2.05) is 59.7 Å². The predicted octanol–water partition coefficient (Wildman–Crippen LogP) is 6.01. The zero-order valence-electron chi connectivity index (χ0n) is 25.3. The molecule has 0 saturated carbocycles. The number of hydrazine groups is 1. The van der Waals surface area contributed by atoms with Gasteiger partial charge in [-0.2, -0.15) is 13.2 Å². The number of amides is 1. The molecule has 13 heteroatoms. The summed E-state index contributed by atoms with van der Waals surface area (Å²) < 4.78 is 43.5. The normalized spacial score (nSPS) is 11.5. The second-order valence-electron chi connectivity index (χ2n) is 10.1. The van der Waals surface area contributed by atoms with Crippen molar-refractivity contribution in [3.05, 3.63) is 82.4 Å². The number of hydrogen-bond acceptors (Lipinski definition) is 7. The fourth-order valence-electron chi connectivity index (χ4n) is 4.11. The minimum Gasteiger partial charge on any atom is -0.490 e. The fraction of sp³-hybridized carbons (Fsp3) is 0.323. The molecular formula is C31H38F3N5O5. The van der Waals surface area contributed by atoms with Crippen LogP contribution in [0.1, 0.15) is 54.6 Å². The molecule has 7 N–H and O–H groups in total. The van der Waals surface area contributed by atoms with Crippen LogP contribution in [0.25, 0.3) is 0 Å². The summed E-state index contributed by atoms with van der Waals surface area (Å²) in [4.78, 5) is 22.5. The number of benzene rings is 3. The highest BCUT2D eigenvalue weighted by molar-refractivity contribution is 5.95. The van der Waals surface area contributed by atoms with Gasteiger partial charge in [0.15, 0.2) is 11.5 Å². The summed E-state index contributed by atoms with van der Waals surface area (Å²) in [5, 5.41) is 18.1. The van der Waals surface area contributed by atoms with E-state index in [1.165, 1.54) is 0 Å². The smallest absolute Gasteiger partial charge is 0.490 e. The van der Waals surface area contributed by atoms with Gasteiger partial charge in [-0.15, -0.1) is 0 Å². The van der Waals surface area contributed by atoms with Gasteiger partial charge in [-0.25, -0.2) is 4.79 Å². The molecule has 0 saturated heterocycles. The number of anilines is 2. The van der Waals surface area contributed by atoms with Crippen LogP contribution in [0.2, 0.25) is 0 Å². The van der Waals surface area contributed by atoms with E-state index in [9.17, 15) is 18.0 Å². The van der Waals surface area contributed by atoms with Crippen LogP contribution in [0, 0.1) is 26.2 Å². The summed E-state index contributed by atoms with van der Waals surface area (Å²) in [6.07, 6.45) is -5.10. The summed E-state index contributed by atoms with van der Waals surface area (Å²) in [5.41, 5.74) is 17.7. The molecule has 0 heterocycles. The van der Waals surface area contributed by atoms with E-state index >= 15 is 0 Å². The molecule has 0 aliphatic rings. The summed E-state index contributed by atoms with van der Waals surface area (Å²) in [6, 6.07) is 15.9. The Morgan fingerprint density at radius 3 is 2.02 bits per heavy atom. The Kier molecular flexibility index (Phi) is 12.4. The topological polar surface area (TPSA) is 159 Å². The molecule has 1 unspecified atom stereocenters. The van der Waals surface area contributed by atoms with E-state index < -0.39 is 18.2 Å². The average Bonchev–Trinajstić information content (AvgIpc) is 2.92. The van der Waals surface area contributed by atoms with Crippen LogP contribution < -0.4 is 31.4 Å². The Hall–Kier alpha value is -4.94. The number of halogens is 3. The minimum absolute atomic E-state index is 0.0176. The Morgan fingerprint density at radius 1 is 0.977 bits per heavy atom. The van der Waals surface area contributed by atoms with E-state index in [0.717, 1.165) is 22.4 Å². The first-order valence-corrected chi connectivity index (χ1v) is 13.6. The molecule has 0 aliphatic heterocycles. The Balaban J connectivity index is 0.000000860.